The summed E-state index contributed by atoms with van der Waals surface area (Å²) in [6, 6.07) is 9.38. The zero-order valence-electron chi connectivity index (χ0n) is 12.3. The highest BCUT2D eigenvalue weighted by Crippen LogP contribution is 2.28. The molecule has 2 atom stereocenters. The van der Waals surface area contributed by atoms with Crippen LogP contribution >= 0.6 is 0 Å². The first-order valence-corrected chi connectivity index (χ1v) is 7.48. The molecule has 0 amide bonds. The summed E-state index contributed by atoms with van der Waals surface area (Å²) in [5.41, 5.74) is 3.07. The molecule has 1 heterocycles. The summed E-state index contributed by atoms with van der Waals surface area (Å²) in [6.45, 7) is 0. The standard InChI is InChI=1S/C17H23N3/c1-18-16(12-17-19-9-10-20(17)2)15-8-7-13-5-3-4-6-14(13)11-15/h3-6,9-10,15-16,18H,7-8,11-12H2,1-2H3. The van der Waals surface area contributed by atoms with Crippen LogP contribution in [0.2, 0.25) is 0 Å². The van der Waals surface area contributed by atoms with Crippen LogP contribution in [0.4, 0.5) is 0 Å². The van der Waals surface area contributed by atoms with Crippen molar-refractivity contribution in [1.29, 1.82) is 0 Å². The van der Waals surface area contributed by atoms with Crippen molar-refractivity contribution < 1.29 is 0 Å². The maximum absolute atomic E-state index is 4.47. The molecule has 3 heteroatoms. The molecule has 20 heavy (non-hydrogen) atoms. The smallest absolute Gasteiger partial charge is 0.109 e. The molecule has 1 aromatic carbocycles. The lowest BCUT2D eigenvalue weighted by atomic mass is 9.79. The highest BCUT2D eigenvalue weighted by atomic mass is 15.0. The lowest BCUT2D eigenvalue weighted by Gasteiger charge is -2.31. The Hall–Kier alpha value is -1.61. The van der Waals surface area contributed by atoms with Gasteiger partial charge in [-0.15, -0.1) is 0 Å². The minimum absolute atomic E-state index is 0.504. The van der Waals surface area contributed by atoms with Crippen molar-refractivity contribution in [2.24, 2.45) is 13.0 Å². The number of nitrogens with one attached hydrogen (secondary N) is 1. The lowest BCUT2D eigenvalue weighted by Crippen LogP contribution is -2.39. The Balaban J connectivity index is 1.73. The highest BCUT2D eigenvalue weighted by molar-refractivity contribution is 5.30. The van der Waals surface area contributed by atoms with E-state index in [1.165, 1.54) is 36.2 Å². The van der Waals surface area contributed by atoms with Crippen molar-refractivity contribution >= 4 is 0 Å². The Bertz CT molecular complexity index is 573. The third-order valence-electron chi connectivity index (χ3n) is 4.65. The summed E-state index contributed by atoms with van der Waals surface area (Å²) >= 11 is 0. The molecule has 0 bridgehead atoms. The van der Waals surface area contributed by atoms with Crippen LogP contribution in [-0.2, 0) is 26.3 Å². The van der Waals surface area contributed by atoms with E-state index in [9.17, 15) is 0 Å². The van der Waals surface area contributed by atoms with Gasteiger partial charge in [-0.3, -0.25) is 0 Å². The molecule has 3 rings (SSSR count). The van der Waals surface area contributed by atoms with Gasteiger partial charge in [0.1, 0.15) is 5.82 Å². The first-order valence-electron chi connectivity index (χ1n) is 7.48. The van der Waals surface area contributed by atoms with Gasteiger partial charge >= 0.3 is 0 Å². The number of benzene rings is 1. The van der Waals surface area contributed by atoms with E-state index >= 15 is 0 Å². The molecule has 1 aromatic heterocycles. The number of aryl methyl sites for hydroxylation is 2. The maximum atomic E-state index is 4.47. The quantitative estimate of drug-likeness (QED) is 0.923. The summed E-state index contributed by atoms with van der Waals surface area (Å²) in [6.07, 6.45) is 8.59. The van der Waals surface area contributed by atoms with E-state index in [-0.39, 0.29) is 0 Å². The van der Waals surface area contributed by atoms with Crippen molar-refractivity contribution in [3.05, 3.63) is 53.6 Å². The summed E-state index contributed by atoms with van der Waals surface area (Å²) in [4.78, 5) is 4.47. The normalized spacial score (nSPS) is 19.6. The second kappa shape index (κ2) is 5.80. The molecule has 2 aromatic rings. The minimum atomic E-state index is 0.504. The second-order valence-electron chi connectivity index (χ2n) is 5.83. The average molecular weight is 269 g/mol. The van der Waals surface area contributed by atoms with Gasteiger partial charge in [0.05, 0.1) is 0 Å². The number of hydrogen-bond acceptors (Lipinski definition) is 2. The van der Waals surface area contributed by atoms with Crippen molar-refractivity contribution in [3.63, 3.8) is 0 Å². The molecule has 0 saturated heterocycles. The fourth-order valence-electron chi connectivity index (χ4n) is 3.36. The molecular weight excluding hydrogens is 246 g/mol. The van der Waals surface area contributed by atoms with Crippen LogP contribution in [0.5, 0.6) is 0 Å². The Labute approximate surface area is 121 Å². The molecule has 0 saturated carbocycles. The van der Waals surface area contributed by atoms with Gasteiger partial charge < -0.3 is 9.88 Å². The first-order chi connectivity index (χ1) is 9.78. The predicted octanol–water partition coefficient (Wildman–Crippen LogP) is 2.36. The Kier molecular flexibility index (Phi) is 3.88. The van der Waals surface area contributed by atoms with E-state index in [1.54, 1.807) is 0 Å². The molecule has 0 spiro atoms. The first kappa shape index (κ1) is 13.4. The second-order valence-corrected chi connectivity index (χ2v) is 5.83. The van der Waals surface area contributed by atoms with Gasteiger partial charge in [0, 0.05) is 31.9 Å². The van der Waals surface area contributed by atoms with E-state index in [0.29, 0.717) is 12.0 Å². The van der Waals surface area contributed by atoms with Crippen molar-refractivity contribution in [2.75, 3.05) is 7.05 Å². The lowest BCUT2D eigenvalue weighted by molar-refractivity contribution is 0.327. The third-order valence-corrected chi connectivity index (χ3v) is 4.65. The fourth-order valence-corrected chi connectivity index (χ4v) is 3.36. The van der Waals surface area contributed by atoms with Gasteiger partial charge in [-0.2, -0.15) is 0 Å². The number of aromatic nitrogens is 2. The number of likely N-dealkylation sites (N-methyl/N-ethyl adjacent to an activating group) is 1. The van der Waals surface area contributed by atoms with Gasteiger partial charge in [-0.1, -0.05) is 24.3 Å². The molecule has 1 N–H and O–H groups in total. The van der Waals surface area contributed by atoms with Gasteiger partial charge in [0.25, 0.3) is 0 Å². The Morgan fingerprint density at radius 2 is 2.15 bits per heavy atom. The van der Waals surface area contributed by atoms with E-state index in [1.807, 2.05) is 12.4 Å². The highest BCUT2D eigenvalue weighted by Gasteiger charge is 2.26. The van der Waals surface area contributed by atoms with Crippen LogP contribution in [0, 0.1) is 5.92 Å². The molecular formula is C17H23N3. The molecule has 1 aliphatic rings. The van der Waals surface area contributed by atoms with Crippen molar-refractivity contribution in [2.45, 2.75) is 31.7 Å². The largest absolute Gasteiger partial charge is 0.338 e. The molecule has 3 nitrogen and oxygen atoms in total. The topological polar surface area (TPSA) is 29.9 Å². The maximum Gasteiger partial charge on any atom is 0.109 e. The SMILES string of the molecule is CNC(Cc1nccn1C)C1CCc2ccccc2C1. The van der Waals surface area contributed by atoms with Gasteiger partial charge in [-0.25, -0.2) is 4.98 Å². The van der Waals surface area contributed by atoms with Gasteiger partial charge in [-0.05, 0) is 43.4 Å². The predicted molar refractivity (Wildman–Crippen MR) is 81.7 cm³/mol. The van der Waals surface area contributed by atoms with E-state index < -0.39 is 0 Å². The number of hydrogen-bond donors (Lipinski definition) is 1. The van der Waals surface area contributed by atoms with Gasteiger partial charge in [0.2, 0.25) is 0 Å². The van der Waals surface area contributed by atoms with Crippen LogP contribution in [0.25, 0.3) is 0 Å². The van der Waals surface area contributed by atoms with Crippen molar-refractivity contribution in [1.82, 2.24) is 14.9 Å². The molecule has 1 aliphatic carbocycles. The van der Waals surface area contributed by atoms with E-state index in [4.69, 9.17) is 0 Å². The number of rotatable bonds is 4. The Morgan fingerprint density at radius 3 is 2.85 bits per heavy atom. The zero-order valence-corrected chi connectivity index (χ0v) is 12.3. The van der Waals surface area contributed by atoms with Crippen molar-refractivity contribution in [3.8, 4) is 0 Å². The van der Waals surface area contributed by atoms with Crippen LogP contribution in [0.1, 0.15) is 23.4 Å². The monoisotopic (exact) mass is 269 g/mol. The molecule has 0 aliphatic heterocycles. The minimum Gasteiger partial charge on any atom is -0.338 e. The Morgan fingerprint density at radius 1 is 1.35 bits per heavy atom. The average Bonchev–Trinajstić information content (AvgIpc) is 2.89. The molecule has 106 valence electrons. The molecule has 2 unspecified atom stereocenters. The number of fused-ring (bicyclic) bond motifs is 1. The van der Waals surface area contributed by atoms with Crippen LogP contribution in [0.15, 0.2) is 36.7 Å². The number of nitrogens with zero attached hydrogens (tertiary/aromatic N) is 2. The summed E-state index contributed by atoms with van der Waals surface area (Å²) in [7, 11) is 4.15. The van der Waals surface area contributed by atoms with Crippen LogP contribution in [0.3, 0.4) is 0 Å². The summed E-state index contributed by atoms with van der Waals surface area (Å²) in [5.74, 6) is 1.87. The van der Waals surface area contributed by atoms with E-state index in [2.05, 4.69) is 53.2 Å². The fraction of sp³-hybridized carbons (Fsp3) is 0.471. The summed E-state index contributed by atoms with van der Waals surface area (Å²) < 4.78 is 2.13. The van der Waals surface area contributed by atoms with Crippen LogP contribution < -0.4 is 5.32 Å². The zero-order chi connectivity index (χ0) is 13.9. The molecule has 0 fully saturated rings. The van der Waals surface area contributed by atoms with Crippen LogP contribution in [-0.4, -0.2) is 22.6 Å². The van der Waals surface area contributed by atoms with E-state index in [0.717, 1.165) is 6.42 Å². The third kappa shape index (κ3) is 2.63. The summed E-state index contributed by atoms with van der Waals surface area (Å²) in [5, 5.41) is 3.51. The number of imidazole rings is 1. The molecule has 0 radical (unpaired) electrons. The van der Waals surface area contributed by atoms with Gasteiger partial charge in [0.15, 0.2) is 0 Å².